The molecule has 0 radical (unpaired) electrons. The van der Waals surface area contributed by atoms with E-state index in [4.69, 9.17) is 0 Å². The van der Waals surface area contributed by atoms with Crippen LogP contribution in [0.1, 0.15) is 38.5 Å². The average molecular weight is 160 g/mol. The molecule has 3 rings (SSSR count). The molecule has 64 valence electrons. The number of fused-ring (bicyclic) bond motifs is 3. The van der Waals surface area contributed by atoms with Gasteiger partial charge in [0.2, 0.25) is 0 Å². The second kappa shape index (κ2) is 2.48. The molecule has 0 aromatic rings. The summed E-state index contributed by atoms with van der Waals surface area (Å²) >= 11 is 0. The van der Waals surface area contributed by atoms with Gasteiger partial charge < -0.3 is 0 Å². The van der Waals surface area contributed by atoms with E-state index in [2.05, 4.69) is 12.2 Å². The molecule has 0 spiro atoms. The molecule has 0 amide bonds. The van der Waals surface area contributed by atoms with Gasteiger partial charge in [0.25, 0.3) is 0 Å². The zero-order chi connectivity index (χ0) is 7.97. The first-order valence-corrected chi connectivity index (χ1v) is 5.34. The van der Waals surface area contributed by atoms with Gasteiger partial charge in [0, 0.05) is 0 Å². The lowest BCUT2D eigenvalue weighted by atomic mass is 9.80. The lowest BCUT2D eigenvalue weighted by Crippen LogP contribution is -2.13. The van der Waals surface area contributed by atoms with E-state index in [1.807, 2.05) is 0 Å². The second-order valence-electron chi connectivity index (χ2n) is 4.48. The second-order valence-corrected chi connectivity index (χ2v) is 4.48. The van der Waals surface area contributed by atoms with Gasteiger partial charge in [-0.15, -0.1) is 0 Å². The van der Waals surface area contributed by atoms with Crippen molar-refractivity contribution in [2.75, 3.05) is 0 Å². The molecule has 2 atom stereocenters. The largest absolute Gasteiger partial charge is 0.0665 e. The van der Waals surface area contributed by atoms with Crippen molar-refractivity contribution in [3.05, 3.63) is 23.3 Å². The third-order valence-electron chi connectivity index (χ3n) is 3.91. The SMILES string of the molecule is C1=C2CCC[C@@H]2[C@H]2CCCC2=C1. The molecular formula is C12H16. The molecule has 0 nitrogen and oxygen atoms in total. The van der Waals surface area contributed by atoms with Crippen LogP contribution < -0.4 is 0 Å². The Hall–Kier alpha value is -0.520. The van der Waals surface area contributed by atoms with Crippen molar-refractivity contribution in [1.29, 1.82) is 0 Å². The van der Waals surface area contributed by atoms with Crippen LogP contribution in [0.15, 0.2) is 23.3 Å². The molecule has 3 aliphatic rings. The van der Waals surface area contributed by atoms with Crippen LogP contribution in [0.2, 0.25) is 0 Å². The molecule has 0 aromatic carbocycles. The topological polar surface area (TPSA) is 0 Å². The molecular weight excluding hydrogens is 144 g/mol. The molecule has 0 unspecified atom stereocenters. The molecule has 0 heterocycles. The van der Waals surface area contributed by atoms with Crippen molar-refractivity contribution < 1.29 is 0 Å². The van der Waals surface area contributed by atoms with Crippen LogP contribution in [0, 0.1) is 11.8 Å². The lowest BCUT2D eigenvalue weighted by Gasteiger charge is -2.24. The van der Waals surface area contributed by atoms with Crippen molar-refractivity contribution in [3.63, 3.8) is 0 Å². The van der Waals surface area contributed by atoms with Gasteiger partial charge in [-0.3, -0.25) is 0 Å². The number of hydrogen-bond donors (Lipinski definition) is 0. The fourth-order valence-corrected chi connectivity index (χ4v) is 3.34. The minimum absolute atomic E-state index is 0.979. The first-order chi connectivity index (χ1) is 5.95. The summed E-state index contributed by atoms with van der Waals surface area (Å²) in [4.78, 5) is 0. The van der Waals surface area contributed by atoms with Crippen LogP contribution in [0.5, 0.6) is 0 Å². The van der Waals surface area contributed by atoms with E-state index < -0.39 is 0 Å². The third kappa shape index (κ3) is 0.840. The van der Waals surface area contributed by atoms with Crippen LogP contribution in [0.3, 0.4) is 0 Å². The Bertz CT molecular complexity index is 229. The lowest BCUT2D eigenvalue weighted by molar-refractivity contribution is 0.444. The summed E-state index contributed by atoms with van der Waals surface area (Å²) in [6, 6.07) is 0. The van der Waals surface area contributed by atoms with E-state index in [-0.39, 0.29) is 0 Å². The van der Waals surface area contributed by atoms with Gasteiger partial charge in [-0.1, -0.05) is 23.3 Å². The fraction of sp³-hybridized carbons (Fsp3) is 0.667. The number of rotatable bonds is 0. The fourth-order valence-electron chi connectivity index (χ4n) is 3.34. The maximum absolute atomic E-state index is 2.43. The van der Waals surface area contributed by atoms with Gasteiger partial charge >= 0.3 is 0 Å². The molecule has 0 N–H and O–H groups in total. The number of hydrogen-bond acceptors (Lipinski definition) is 0. The van der Waals surface area contributed by atoms with Crippen LogP contribution in [-0.4, -0.2) is 0 Å². The predicted molar refractivity (Wildman–Crippen MR) is 50.8 cm³/mol. The predicted octanol–water partition coefficient (Wildman–Crippen LogP) is 3.45. The van der Waals surface area contributed by atoms with Gasteiger partial charge in [0.05, 0.1) is 0 Å². The summed E-state index contributed by atoms with van der Waals surface area (Å²) in [5, 5.41) is 0. The van der Waals surface area contributed by atoms with Crippen LogP contribution in [0.25, 0.3) is 0 Å². The molecule has 0 aliphatic heterocycles. The average Bonchev–Trinajstić information content (AvgIpc) is 2.71. The summed E-state index contributed by atoms with van der Waals surface area (Å²) in [7, 11) is 0. The summed E-state index contributed by atoms with van der Waals surface area (Å²) < 4.78 is 0. The summed E-state index contributed by atoms with van der Waals surface area (Å²) in [5.41, 5.74) is 3.54. The molecule has 2 saturated carbocycles. The monoisotopic (exact) mass is 160 g/mol. The van der Waals surface area contributed by atoms with Crippen molar-refractivity contribution >= 4 is 0 Å². The minimum Gasteiger partial charge on any atom is -0.0665 e. The highest BCUT2D eigenvalue weighted by molar-refractivity contribution is 5.32. The Morgan fingerprint density at radius 1 is 0.833 bits per heavy atom. The zero-order valence-corrected chi connectivity index (χ0v) is 7.55. The van der Waals surface area contributed by atoms with E-state index in [1.165, 1.54) is 38.5 Å². The Kier molecular flexibility index (Phi) is 1.44. The summed E-state index contributed by atoms with van der Waals surface area (Å²) in [6.07, 6.45) is 13.5. The maximum atomic E-state index is 2.43. The van der Waals surface area contributed by atoms with E-state index in [1.54, 1.807) is 11.1 Å². The van der Waals surface area contributed by atoms with E-state index in [0.717, 1.165) is 11.8 Å². The van der Waals surface area contributed by atoms with E-state index in [0.29, 0.717) is 0 Å². The smallest absolute Gasteiger partial charge is 0.0134 e. The molecule has 0 heteroatoms. The van der Waals surface area contributed by atoms with Gasteiger partial charge in [0.1, 0.15) is 0 Å². The Morgan fingerprint density at radius 2 is 1.33 bits per heavy atom. The Labute approximate surface area is 74.4 Å². The van der Waals surface area contributed by atoms with E-state index in [9.17, 15) is 0 Å². The minimum atomic E-state index is 0.979. The molecule has 0 aromatic heterocycles. The van der Waals surface area contributed by atoms with Gasteiger partial charge in [-0.2, -0.15) is 0 Å². The summed E-state index contributed by atoms with van der Waals surface area (Å²) in [5.74, 6) is 1.96. The highest BCUT2D eigenvalue weighted by atomic mass is 14.4. The molecule has 0 bridgehead atoms. The molecule has 3 aliphatic carbocycles. The first-order valence-electron chi connectivity index (χ1n) is 5.34. The van der Waals surface area contributed by atoms with Crippen LogP contribution in [0.4, 0.5) is 0 Å². The zero-order valence-electron chi connectivity index (χ0n) is 7.55. The standard InChI is InChI=1S/C12H16/c1-3-9-7-8-10-4-2-6-12(10)11(9)5-1/h7-8,11-12H,1-6H2/t11-,12-/m0/s1. The molecule has 12 heavy (non-hydrogen) atoms. The van der Waals surface area contributed by atoms with Gasteiger partial charge in [0.15, 0.2) is 0 Å². The van der Waals surface area contributed by atoms with Crippen LogP contribution >= 0.6 is 0 Å². The number of allylic oxidation sites excluding steroid dienone is 4. The molecule has 2 fully saturated rings. The summed E-state index contributed by atoms with van der Waals surface area (Å²) in [6.45, 7) is 0. The quantitative estimate of drug-likeness (QED) is 0.509. The van der Waals surface area contributed by atoms with Gasteiger partial charge in [-0.25, -0.2) is 0 Å². The highest BCUT2D eigenvalue weighted by Crippen LogP contribution is 2.48. The first kappa shape index (κ1) is 6.94. The third-order valence-corrected chi connectivity index (χ3v) is 3.91. The van der Waals surface area contributed by atoms with Crippen LogP contribution in [-0.2, 0) is 0 Å². The molecule has 0 saturated heterocycles. The Balaban J connectivity index is 1.98. The van der Waals surface area contributed by atoms with Crippen molar-refractivity contribution in [3.8, 4) is 0 Å². The highest BCUT2D eigenvalue weighted by Gasteiger charge is 2.35. The Morgan fingerprint density at radius 3 is 1.83 bits per heavy atom. The van der Waals surface area contributed by atoms with E-state index >= 15 is 0 Å². The van der Waals surface area contributed by atoms with Crippen molar-refractivity contribution in [1.82, 2.24) is 0 Å². The van der Waals surface area contributed by atoms with Crippen molar-refractivity contribution in [2.24, 2.45) is 11.8 Å². The van der Waals surface area contributed by atoms with Gasteiger partial charge in [-0.05, 0) is 50.4 Å². The maximum Gasteiger partial charge on any atom is -0.0134 e. The van der Waals surface area contributed by atoms with Crippen molar-refractivity contribution in [2.45, 2.75) is 38.5 Å². The normalized spacial score (nSPS) is 38.7.